The van der Waals surface area contributed by atoms with Gasteiger partial charge in [-0.1, -0.05) is 37.3 Å². The summed E-state index contributed by atoms with van der Waals surface area (Å²) in [6.45, 7) is 2.99. The molecular formula is C18H17N5S. The summed E-state index contributed by atoms with van der Waals surface area (Å²) in [5, 5.41) is 7.52. The third-order valence-electron chi connectivity index (χ3n) is 3.75. The first-order valence-corrected chi connectivity index (χ1v) is 8.88. The Balaban J connectivity index is 1.92. The van der Waals surface area contributed by atoms with Crippen LogP contribution in [0.15, 0.2) is 53.5 Å². The van der Waals surface area contributed by atoms with Crippen LogP contribution < -0.4 is 5.32 Å². The van der Waals surface area contributed by atoms with Gasteiger partial charge in [0.2, 0.25) is 0 Å². The minimum atomic E-state index is 0.707. The molecule has 0 radical (unpaired) electrons. The first-order chi connectivity index (χ1) is 11.9. The predicted octanol–water partition coefficient (Wildman–Crippen LogP) is 4.37. The lowest BCUT2D eigenvalue weighted by atomic mass is 10.2. The summed E-state index contributed by atoms with van der Waals surface area (Å²) in [5.41, 5.74) is 3.69. The molecule has 4 rings (SSSR count). The molecule has 24 heavy (non-hydrogen) atoms. The quantitative estimate of drug-likeness (QED) is 0.588. The fourth-order valence-corrected chi connectivity index (χ4v) is 3.19. The lowest BCUT2D eigenvalue weighted by Gasteiger charge is -2.08. The first kappa shape index (κ1) is 14.8. The van der Waals surface area contributed by atoms with Gasteiger partial charge in [-0.2, -0.15) is 11.3 Å². The van der Waals surface area contributed by atoms with E-state index in [1.54, 1.807) is 11.3 Å². The Labute approximate surface area is 144 Å². The SMILES string of the molecule is CCCNc1nc(-c2ccccc2)nc2c1ncn2-c1ccsc1. The van der Waals surface area contributed by atoms with Gasteiger partial charge in [-0.25, -0.2) is 15.0 Å². The van der Waals surface area contributed by atoms with Crippen LogP contribution in [-0.4, -0.2) is 26.1 Å². The highest BCUT2D eigenvalue weighted by Gasteiger charge is 2.15. The van der Waals surface area contributed by atoms with Gasteiger partial charge in [-0.15, -0.1) is 0 Å². The molecule has 4 aromatic rings. The maximum Gasteiger partial charge on any atom is 0.170 e. The van der Waals surface area contributed by atoms with E-state index in [1.807, 2.05) is 41.2 Å². The highest BCUT2D eigenvalue weighted by atomic mass is 32.1. The van der Waals surface area contributed by atoms with Crippen LogP contribution in [0.3, 0.4) is 0 Å². The molecular weight excluding hydrogens is 318 g/mol. The summed E-state index contributed by atoms with van der Waals surface area (Å²) in [7, 11) is 0. The molecule has 5 nitrogen and oxygen atoms in total. The largest absolute Gasteiger partial charge is 0.368 e. The second-order valence-corrected chi connectivity index (χ2v) is 6.24. The molecule has 0 aliphatic rings. The van der Waals surface area contributed by atoms with Crippen molar-refractivity contribution in [3.8, 4) is 17.1 Å². The molecule has 3 aromatic heterocycles. The molecule has 0 unspecified atom stereocenters. The smallest absolute Gasteiger partial charge is 0.170 e. The van der Waals surface area contributed by atoms with Crippen molar-refractivity contribution in [3.05, 3.63) is 53.5 Å². The number of rotatable bonds is 5. The van der Waals surface area contributed by atoms with Crippen molar-refractivity contribution in [3.63, 3.8) is 0 Å². The number of nitrogens with one attached hydrogen (secondary N) is 1. The molecule has 0 amide bonds. The van der Waals surface area contributed by atoms with Crippen molar-refractivity contribution in [2.24, 2.45) is 0 Å². The first-order valence-electron chi connectivity index (χ1n) is 7.94. The van der Waals surface area contributed by atoms with Crippen molar-refractivity contribution >= 4 is 28.3 Å². The number of aromatic nitrogens is 4. The zero-order valence-corrected chi connectivity index (χ0v) is 14.1. The number of hydrogen-bond acceptors (Lipinski definition) is 5. The zero-order chi connectivity index (χ0) is 16.4. The molecule has 1 aromatic carbocycles. The van der Waals surface area contributed by atoms with Crippen LogP contribution in [0.4, 0.5) is 5.82 Å². The number of imidazole rings is 1. The van der Waals surface area contributed by atoms with E-state index < -0.39 is 0 Å². The third-order valence-corrected chi connectivity index (χ3v) is 4.43. The Kier molecular flexibility index (Phi) is 3.96. The molecule has 0 aliphatic carbocycles. The normalized spacial score (nSPS) is 11.0. The molecule has 0 bridgehead atoms. The maximum atomic E-state index is 4.78. The number of thiophene rings is 1. The second kappa shape index (κ2) is 6.41. The molecule has 0 saturated carbocycles. The minimum Gasteiger partial charge on any atom is -0.368 e. The Morgan fingerprint density at radius 1 is 1.12 bits per heavy atom. The summed E-state index contributed by atoms with van der Waals surface area (Å²) >= 11 is 1.66. The van der Waals surface area contributed by atoms with Gasteiger partial charge in [0, 0.05) is 17.5 Å². The summed E-state index contributed by atoms with van der Waals surface area (Å²) in [6, 6.07) is 12.1. The number of hydrogen-bond donors (Lipinski definition) is 1. The van der Waals surface area contributed by atoms with Crippen molar-refractivity contribution in [1.29, 1.82) is 0 Å². The van der Waals surface area contributed by atoms with Crippen LogP contribution in [0.1, 0.15) is 13.3 Å². The van der Waals surface area contributed by atoms with Gasteiger partial charge in [0.1, 0.15) is 6.33 Å². The fraction of sp³-hybridized carbons (Fsp3) is 0.167. The average Bonchev–Trinajstić information content (AvgIpc) is 3.29. The Hall–Kier alpha value is -2.73. The van der Waals surface area contributed by atoms with Crippen LogP contribution in [-0.2, 0) is 0 Å². The second-order valence-electron chi connectivity index (χ2n) is 5.46. The van der Waals surface area contributed by atoms with Gasteiger partial charge in [0.25, 0.3) is 0 Å². The summed E-state index contributed by atoms with van der Waals surface area (Å²) in [4.78, 5) is 14.0. The number of anilines is 1. The fourth-order valence-electron chi connectivity index (χ4n) is 2.57. The number of nitrogens with zero attached hydrogens (tertiary/aromatic N) is 4. The molecule has 0 spiro atoms. The average molecular weight is 335 g/mol. The zero-order valence-electron chi connectivity index (χ0n) is 13.3. The van der Waals surface area contributed by atoms with E-state index in [4.69, 9.17) is 9.97 Å². The monoisotopic (exact) mass is 335 g/mol. The lowest BCUT2D eigenvalue weighted by molar-refractivity contribution is 0.969. The van der Waals surface area contributed by atoms with Crippen LogP contribution in [0.5, 0.6) is 0 Å². The van der Waals surface area contributed by atoms with Crippen LogP contribution >= 0.6 is 11.3 Å². The molecule has 0 saturated heterocycles. The Morgan fingerprint density at radius 2 is 2.00 bits per heavy atom. The van der Waals surface area contributed by atoms with Crippen LogP contribution in [0, 0.1) is 0 Å². The van der Waals surface area contributed by atoms with Crippen LogP contribution in [0.2, 0.25) is 0 Å². The van der Waals surface area contributed by atoms with Crippen molar-refractivity contribution in [2.75, 3.05) is 11.9 Å². The van der Waals surface area contributed by atoms with E-state index in [2.05, 4.69) is 34.1 Å². The Morgan fingerprint density at radius 3 is 2.75 bits per heavy atom. The topological polar surface area (TPSA) is 55.6 Å². The molecule has 120 valence electrons. The number of benzene rings is 1. The summed E-state index contributed by atoms with van der Waals surface area (Å²) in [6.07, 6.45) is 2.84. The van der Waals surface area contributed by atoms with Gasteiger partial charge >= 0.3 is 0 Å². The molecule has 6 heteroatoms. The molecule has 1 N–H and O–H groups in total. The molecule has 0 atom stereocenters. The van der Waals surface area contributed by atoms with E-state index in [0.29, 0.717) is 5.82 Å². The van der Waals surface area contributed by atoms with Gasteiger partial charge < -0.3 is 5.32 Å². The van der Waals surface area contributed by atoms with E-state index in [9.17, 15) is 0 Å². The predicted molar refractivity (Wildman–Crippen MR) is 98.8 cm³/mol. The van der Waals surface area contributed by atoms with Crippen molar-refractivity contribution in [2.45, 2.75) is 13.3 Å². The van der Waals surface area contributed by atoms with E-state index in [-0.39, 0.29) is 0 Å². The molecule has 3 heterocycles. The van der Waals surface area contributed by atoms with E-state index in [0.717, 1.165) is 41.2 Å². The van der Waals surface area contributed by atoms with Gasteiger partial charge in [-0.3, -0.25) is 4.57 Å². The van der Waals surface area contributed by atoms with Gasteiger partial charge in [-0.05, 0) is 17.9 Å². The maximum absolute atomic E-state index is 4.78. The lowest BCUT2D eigenvalue weighted by Crippen LogP contribution is -2.05. The van der Waals surface area contributed by atoms with Gasteiger partial charge in [0.15, 0.2) is 22.8 Å². The van der Waals surface area contributed by atoms with Crippen molar-refractivity contribution < 1.29 is 0 Å². The molecule has 0 fully saturated rings. The molecule has 0 aliphatic heterocycles. The highest BCUT2D eigenvalue weighted by Crippen LogP contribution is 2.26. The Bertz CT molecular complexity index is 944. The highest BCUT2D eigenvalue weighted by molar-refractivity contribution is 7.08. The number of fused-ring (bicyclic) bond motifs is 1. The van der Waals surface area contributed by atoms with E-state index >= 15 is 0 Å². The minimum absolute atomic E-state index is 0.707. The van der Waals surface area contributed by atoms with Gasteiger partial charge in [0.05, 0.1) is 5.69 Å². The summed E-state index contributed by atoms with van der Waals surface area (Å²) < 4.78 is 2.01. The van der Waals surface area contributed by atoms with E-state index in [1.165, 1.54) is 0 Å². The van der Waals surface area contributed by atoms with Crippen molar-refractivity contribution in [1.82, 2.24) is 19.5 Å². The standard InChI is InChI=1S/C18H17N5S/c1-2-9-19-17-15-18(23(12-20-15)14-8-10-24-11-14)22-16(21-17)13-6-4-3-5-7-13/h3-8,10-12H,2,9H2,1H3,(H,19,21,22). The third kappa shape index (κ3) is 2.65. The summed E-state index contributed by atoms with van der Waals surface area (Å²) in [5.74, 6) is 1.49. The van der Waals surface area contributed by atoms with Crippen LogP contribution in [0.25, 0.3) is 28.2 Å².